The quantitative estimate of drug-likeness (QED) is 0.819. The third kappa shape index (κ3) is 3.05. The summed E-state index contributed by atoms with van der Waals surface area (Å²) in [6.45, 7) is 5.63. The van der Waals surface area contributed by atoms with E-state index >= 15 is 0 Å². The van der Waals surface area contributed by atoms with Gasteiger partial charge >= 0.3 is 0 Å². The molecule has 108 valence electrons. The van der Waals surface area contributed by atoms with E-state index in [1.165, 1.54) is 0 Å². The summed E-state index contributed by atoms with van der Waals surface area (Å²) >= 11 is 0. The van der Waals surface area contributed by atoms with Crippen LogP contribution in [0.2, 0.25) is 0 Å². The van der Waals surface area contributed by atoms with E-state index in [2.05, 4.69) is 20.8 Å². The molecule has 7 nitrogen and oxygen atoms in total. The van der Waals surface area contributed by atoms with Crippen molar-refractivity contribution in [3.63, 3.8) is 0 Å². The van der Waals surface area contributed by atoms with Gasteiger partial charge in [-0.25, -0.2) is 0 Å². The molecule has 0 unspecified atom stereocenters. The van der Waals surface area contributed by atoms with Crippen molar-refractivity contribution in [1.82, 2.24) is 25.5 Å². The predicted molar refractivity (Wildman–Crippen MR) is 74.3 cm³/mol. The molecule has 0 aliphatic rings. The zero-order chi connectivity index (χ0) is 14.4. The number of nitrogens with one attached hydrogen (secondary N) is 1. The second-order valence-corrected chi connectivity index (χ2v) is 4.03. The standard InChI is InChI=1S/C13H19N5O2/c1-4-19-11-7-6-10(8-12(11)20-5-2)18-13(9-14-3)15-16-17-18/h6-8,14H,4-5,9H2,1-3H3. The smallest absolute Gasteiger partial charge is 0.170 e. The highest BCUT2D eigenvalue weighted by atomic mass is 16.5. The first-order valence-corrected chi connectivity index (χ1v) is 6.62. The highest BCUT2D eigenvalue weighted by Crippen LogP contribution is 2.29. The van der Waals surface area contributed by atoms with Crippen molar-refractivity contribution in [3.05, 3.63) is 24.0 Å². The van der Waals surface area contributed by atoms with Crippen LogP contribution in [0, 0.1) is 0 Å². The lowest BCUT2D eigenvalue weighted by Gasteiger charge is -2.12. The monoisotopic (exact) mass is 277 g/mol. The van der Waals surface area contributed by atoms with Gasteiger partial charge in [0.15, 0.2) is 17.3 Å². The Hall–Kier alpha value is -2.15. The molecule has 2 rings (SSSR count). The van der Waals surface area contributed by atoms with Crippen molar-refractivity contribution in [2.75, 3.05) is 20.3 Å². The number of hydrogen-bond acceptors (Lipinski definition) is 6. The van der Waals surface area contributed by atoms with Crippen LogP contribution >= 0.6 is 0 Å². The minimum atomic E-state index is 0.572. The molecule has 1 N–H and O–H groups in total. The van der Waals surface area contributed by atoms with Crippen molar-refractivity contribution < 1.29 is 9.47 Å². The van der Waals surface area contributed by atoms with Crippen LogP contribution in [-0.2, 0) is 6.54 Å². The lowest BCUT2D eigenvalue weighted by Crippen LogP contribution is -2.12. The number of hydrogen-bond donors (Lipinski definition) is 1. The van der Waals surface area contributed by atoms with Gasteiger partial charge in [0, 0.05) is 6.07 Å². The molecule has 0 atom stereocenters. The molecule has 0 aliphatic heterocycles. The van der Waals surface area contributed by atoms with E-state index in [4.69, 9.17) is 9.47 Å². The van der Waals surface area contributed by atoms with Gasteiger partial charge in [0.2, 0.25) is 0 Å². The van der Waals surface area contributed by atoms with Crippen LogP contribution in [0.5, 0.6) is 11.5 Å². The summed E-state index contributed by atoms with van der Waals surface area (Å²) < 4.78 is 12.8. The maximum atomic E-state index is 5.61. The van der Waals surface area contributed by atoms with Crippen LogP contribution in [-0.4, -0.2) is 40.5 Å². The third-order valence-electron chi connectivity index (χ3n) is 2.64. The molecule has 0 fully saturated rings. The van der Waals surface area contributed by atoms with E-state index in [9.17, 15) is 0 Å². The van der Waals surface area contributed by atoms with Gasteiger partial charge in [0.25, 0.3) is 0 Å². The Kier molecular flexibility index (Phi) is 4.89. The second kappa shape index (κ2) is 6.85. The van der Waals surface area contributed by atoms with Crippen LogP contribution in [0.4, 0.5) is 0 Å². The van der Waals surface area contributed by atoms with Gasteiger partial charge in [0.1, 0.15) is 0 Å². The maximum absolute atomic E-state index is 5.61. The fourth-order valence-electron chi connectivity index (χ4n) is 1.85. The third-order valence-corrected chi connectivity index (χ3v) is 2.64. The van der Waals surface area contributed by atoms with Crippen LogP contribution in [0.15, 0.2) is 18.2 Å². The van der Waals surface area contributed by atoms with Crippen molar-refractivity contribution in [3.8, 4) is 17.2 Å². The zero-order valence-corrected chi connectivity index (χ0v) is 12.0. The summed E-state index contributed by atoms with van der Waals surface area (Å²) in [6, 6.07) is 5.65. The largest absolute Gasteiger partial charge is 0.490 e. The van der Waals surface area contributed by atoms with Crippen molar-refractivity contribution >= 4 is 0 Å². The Balaban J connectivity index is 2.36. The average molecular weight is 277 g/mol. The zero-order valence-electron chi connectivity index (χ0n) is 12.0. The van der Waals surface area contributed by atoms with E-state index in [1.807, 2.05) is 39.1 Å². The van der Waals surface area contributed by atoms with Gasteiger partial charge in [-0.05, 0) is 43.5 Å². The Morgan fingerprint density at radius 3 is 2.60 bits per heavy atom. The van der Waals surface area contributed by atoms with E-state index < -0.39 is 0 Å². The molecule has 0 radical (unpaired) electrons. The van der Waals surface area contributed by atoms with Gasteiger partial charge < -0.3 is 14.8 Å². The van der Waals surface area contributed by atoms with E-state index in [-0.39, 0.29) is 0 Å². The summed E-state index contributed by atoms with van der Waals surface area (Å²) in [7, 11) is 1.85. The summed E-state index contributed by atoms with van der Waals surface area (Å²) in [6.07, 6.45) is 0. The van der Waals surface area contributed by atoms with E-state index in [0.717, 1.165) is 17.3 Å². The number of rotatable bonds is 7. The summed E-state index contributed by atoms with van der Waals surface area (Å²) in [4.78, 5) is 0. The van der Waals surface area contributed by atoms with Gasteiger partial charge in [-0.1, -0.05) is 0 Å². The molecule has 0 spiro atoms. The number of tetrazole rings is 1. The minimum Gasteiger partial charge on any atom is -0.490 e. The van der Waals surface area contributed by atoms with Crippen LogP contribution in [0.1, 0.15) is 19.7 Å². The van der Waals surface area contributed by atoms with E-state index in [0.29, 0.717) is 25.5 Å². The normalized spacial score (nSPS) is 10.6. The van der Waals surface area contributed by atoms with Crippen LogP contribution in [0.3, 0.4) is 0 Å². The molecular weight excluding hydrogens is 258 g/mol. The Bertz CT molecular complexity index is 555. The highest BCUT2D eigenvalue weighted by molar-refractivity contribution is 5.48. The van der Waals surface area contributed by atoms with Gasteiger partial charge in [-0.2, -0.15) is 4.68 Å². The van der Waals surface area contributed by atoms with Gasteiger partial charge in [0.05, 0.1) is 25.4 Å². The van der Waals surface area contributed by atoms with Crippen LogP contribution < -0.4 is 14.8 Å². The molecule has 0 bridgehead atoms. The topological polar surface area (TPSA) is 74.1 Å². The molecule has 0 amide bonds. The second-order valence-electron chi connectivity index (χ2n) is 4.03. The predicted octanol–water partition coefficient (Wildman–Crippen LogP) is 1.18. The molecule has 1 heterocycles. The van der Waals surface area contributed by atoms with Gasteiger partial charge in [-0.3, -0.25) is 0 Å². The molecule has 1 aromatic heterocycles. The Morgan fingerprint density at radius 1 is 1.15 bits per heavy atom. The summed E-state index contributed by atoms with van der Waals surface area (Å²) in [5.41, 5.74) is 0.840. The SMILES string of the molecule is CCOc1ccc(-n2nnnc2CNC)cc1OCC. The highest BCUT2D eigenvalue weighted by Gasteiger charge is 2.11. The van der Waals surface area contributed by atoms with E-state index in [1.54, 1.807) is 4.68 Å². The fourth-order valence-corrected chi connectivity index (χ4v) is 1.85. The van der Waals surface area contributed by atoms with Crippen LogP contribution in [0.25, 0.3) is 5.69 Å². The minimum absolute atomic E-state index is 0.572. The molecule has 0 saturated heterocycles. The molecule has 20 heavy (non-hydrogen) atoms. The molecule has 0 aliphatic carbocycles. The Labute approximate surface area is 117 Å². The van der Waals surface area contributed by atoms with Crippen molar-refractivity contribution in [2.24, 2.45) is 0 Å². The molecule has 1 aromatic carbocycles. The van der Waals surface area contributed by atoms with Gasteiger partial charge in [-0.15, -0.1) is 5.10 Å². The molecule has 2 aromatic rings. The van der Waals surface area contributed by atoms with Crippen molar-refractivity contribution in [2.45, 2.75) is 20.4 Å². The summed E-state index contributed by atoms with van der Waals surface area (Å²) in [5, 5.41) is 14.7. The first-order chi connectivity index (χ1) is 9.80. The number of ether oxygens (including phenoxy) is 2. The number of aromatic nitrogens is 4. The molecule has 7 heteroatoms. The lowest BCUT2D eigenvalue weighted by molar-refractivity contribution is 0.287. The fraction of sp³-hybridized carbons (Fsp3) is 0.462. The van der Waals surface area contributed by atoms with Crippen molar-refractivity contribution in [1.29, 1.82) is 0 Å². The summed E-state index contributed by atoms with van der Waals surface area (Å²) in [5.74, 6) is 2.15. The average Bonchev–Trinajstić information content (AvgIpc) is 2.90. The lowest BCUT2D eigenvalue weighted by atomic mass is 10.2. The Morgan fingerprint density at radius 2 is 1.90 bits per heavy atom. The maximum Gasteiger partial charge on any atom is 0.170 e. The molecular formula is C13H19N5O2. The molecule has 0 saturated carbocycles. The number of nitrogens with zero attached hydrogens (tertiary/aromatic N) is 4. The first-order valence-electron chi connectivity index (χ1n) is 6.62. The number of benzene rings is 1. The first kappa shape index (κ1) is 14.3.